The molecule has 1 aliphatic heterocycles. The molecule has 4 rings (SSSR count). The van der Waals surface area contributed by atoms with Crippen LogP contribution in [0.5, 0.6) is 0 Å². The molecule has 3 aromatic rings. The number of carbonyl (C=O) groups excluding carboxylic acids is 1. The highest BCUT2D eigenvalue weighted by molar-refractivity contribution is 7.99. The molecule has 1 saturated heterocycles. The number of thioether (sulfide) groups is 1. The van der Waals surface area contributed by atoms with E-state index in [9.17, 15) is 23.3 Å². The third-order valence-corrected chi connectivity index (χ3v) is 8.56. The Morgan fingerprint density at radius 3 is 2.56 bits per heavy atom. The largest absolute Gasteiger partial charge is 0.325 e. The Labute approximate surface area is 217 Å². The number of nitrogens with zero attached hydrogens (tertiary/aromatic N) is 3. The van der Waals surface area contributed by atoms with Crippen LogP contribution in [0.4, 0.5) is 5.69 Å². The molecule has 1 aliphatic rings. The van der Waals surface area contributed by atoms with E-state index in [1.165, 1.54) is 16.4 Å². The number of aromatic nitrogens is 2. The summed E-state index contributed by atoms with van der Waals surface area (Å²) in [5.74, 6) is -0.444. The van der Waals surface area contributed by atoms with Gasteiger partial charge in [-0.15, -0.1) is 0 Å². The Hall–Kier alpha value is -3.17. The number of benzene rings is 2. The van der Waals surface area contributed by atoms with Gasteiger partial charge in [0.1, 0.15) is 11.6 Å². The predicted octanol–water partition coefficient (Wildman–Crippen LogP) is 3.87. The molecule has 0 saturated carbocycles. The summed E-state index contributed by atoms with van der Waals surface area (Å²) in [6.45, 7) is 1.03. The molecule has 36 heavy (non-hydrogen) atoms. The third kappa shape index (κ3) is 5.96. The fraction of sp³-hybridized carbons (Fsp3) is 0.250. The smallest absolute Gasteiger partial charge is 0.270 e. The first-order chi connectivity index (χ1) is 17.3. The van der Waals surface area contributed by atoms with Crippen LogP contribution in [0.25, 0.3) is 11.3 Å². The molecule has 0 bridgehead atoms. The number of piperidine rings is 1. The molecule has 0 spiro atoms. The number of hydrogen-bond acceptors (Lipinski definition) is 7. The minimum absolute atomic E-state index is 0.0718. The van der Waals surface area contributed by atoms with E-state index in [1.807, 2.05) is 6.07 Å². The number of nitrogens with one attached hydrogen (secondary N) is 2. The first kappa shape index (κ1) is 25.9. The second-order valence-electron chi connectivity index (χ2n) is 8.04. The number of hydrogen-bond donors (Lipinski definition) is 2. The monoisotopic (exact) mass is 543 g/mol. The minimum Gasteiger partial charge on any atom is -0.325 e. The van der Waals surface area contributed by atoms with Crippen LogP contribution in [0.3, 0.4) is 0 Å². The maximum atomic E-state index is 12.8. The Morgan fingerprint density at radius 1 is 1.17 bits per heavy atom. The molecular weight excluding hydrogens is 522 g/mol. The molecule has 0 radical (unpaired) electrons. The Kier molecular flexibility index (Phi) is 8.11. The van der Waals surface area contributed by atoms with Crippen molar-refractivity contribution >= 4 is 45.0 Å². The van der Waals surface area contributed by atoms with E-state index in [0.717, 1.165) is 31.0 Å². The standard InChI is InChI=1S/C24H22ClN5O4S2/c25-17-6-4-5-16(13-17)22-20(14-26)23(32)29-24(28-22)35-15-21(31)27-18-7-9-19(10-8-18)36(33,34)30-11-2-1-3-12-30/h4-10,13H,1-3,11-12,15H2,(H,27,31)(H,28,29,32). The fourth-order valence-electron chi connectivity index (χ4n) is 3.76. The molecular formula is C24H22ClN5O4S2. The molecule has 2 heterocycles. The topological polar surface area (TPSA) is 136 Å². The van der Waals surface area contributed by atoms with E-state index < -0.39 is 15.6 Å². The fourth-order valence-corrected chi connectivity index (χ4v) is 6.13. The number of sulfonamides is 1. The summed E-state index contributed by atoms with van der Waals surface area (Å²) in [5, 5.41) is 12.7. The van der Waals surface area contributed by atoms with E-state index in [1.54, 1.807) is 36.4 Å². The lowest BCUT2D eigenvalue weighted by Crippen LogP contribution is -2.35. The van der Waals surface area contributed by atoms with Gasteiger partial charge in [-0.3, -0.25) is 9.59 Å². The first-order valence-electron chi connectivity index (χ1n) is 11.1. The summed E-state index contributed by atoms with van der Waals surface area (Å²) in [5.41, 5.74) is 0.369. The van der Waals surface area contributed by atoms with Crippen LogP contribution < -0.4 is 10.9 Å². The minimum atomic E-state index is -3.55. The van der Waals surface area contributed by atoms with Gasteiger partial charge in [0.2, 0.25) is 15.9 Å². The number of carbonyl (C=O) groups is 1. The van der Waals surface area contributed by atoms with Crippen molar-refractivity contribution in [2.45, 2.75) is 29.3 Å². The zero-order valence-electron chi connectivity index (χ0n) is 19.0. The maximum Gasteiger partial charge on any atom is 0.270 e. The second kappa shape index (κ2) is 11.3. The highest BCUT2D eigenvalue weighted by Crippen LogP contribution is 2.25. The van der Waals surface area contributed by atoms with Crippen LogP contribution in [0.1, 0.15) is 24.8 Å². The summed E-state index contributed by atoms with van der Waals surface area (Å²) >= 11 is 7.03. The van der Waals surface area contributed by atoms with Gasteiger partial charge in [-0.2, -0.15) is 9.57 Å². The number of rotatable bonds is 7. The lowest BCUT2D eigenvalue weighted by Gasteiger charge is -2.25. The Balaban J connectivity index is 1.42. The summed E-state index contributed by atoms with van der Waals surface area (Å²) in [4.78, 5) is 31.9. The zero-order chi connectivity index (χ0) is 25.7. The molecule has 1 aromatic heterocycles. The van der Waals surface area contributed by atoms with Crippen molar-refractivity contribution < 1.29 is 13.2 Å². The van der Waals surface area contributed by atoms with Crippen LogP contribution >= 0.6 is 23.4 Å². The van der Waals surface area contributed by atoms with Crippen LogP contribution in [-0.2, 0) is 14.8 Å². The maximum absolute atomic E-state index is 12.8. The van der Waals surface area contributed by atoms with E-state index in [-0.39, 0.29) is 33.0 Å². The summed E-state index contributed by atoms with van der Waals surface area (Å²) in [6, 6.07) is 14.5. The number of H-pyrrole nitrogens is 1. The lowest BCUT2D eigenvalue weighted by molar-refractivity contribution is -0.113. The quantitative estimate of drug-likeness (QED) is 0.341. The molecule has 0 unspecified atom stereocenters. The molecule has 2 N–H and O–H groups in total. The molecule has 1 amide bonds. The van der Waals surface area contributed by atoms with E-state index in [2.05, 4.69) is 15.3 Å². The lowest BCUT2D eigenvalue weighted by atomic mass is 10.1. The molecule has 9 nitrogen and oxygen atoms in total. The van der Waals surface area contributed by atoms with Crippen LogP contribution in [0.15, 0.2) is 63.4 Å². The SMILES string of the molecule is N#Cc1c(-c2cccc(Cl)c2)nc(SCC(=O)Nc2ccc(S(=O)(=O)N3CCCCC3)cc2)[nH]c1=O. The molecule has 0 atom stereocenters. The molecule has 12 heteroatoms. The molecule has 0 aliphatic carbocycles. The first-order valence-corrected chi connectivity index (χ1v) is 13.9. The van der Waals surface area contributed by atoms with Crippen molar-refractivity contribution in [2.75, 3.05) is 24.2 Å². The highest BCUT2D eigenvalue weighted by atomic mass is 35.5. The average molecular weight is 544 g/mol. The Morgan fingerprint density at radius 2 is 1.89 bits per heavy atom. The van der Waals surface area contributed by atoms with E-state index in [4.69, 9.17) is 11.6 Å². The van der Waals surface area contributed by atoms with Gasteiger partial charge in [-0.1, -0.05) is 41.9 Å². The van der Waals surface area contributed by atoms with Gasteiger partial charge < -0.3 is 10.3 Å². The number of amides is 1. The van der Waals surface area contributed by atoms with Gasteiger partial charge in [-0.25, -0.2) is 13.4 Å². The van der Waals surface area contributed by atoms with Gasteiger partial charge in [0.25, 0.3) is 5.56 Å². The van der Waals surface area contributed by atoms with Gasteiger partial charge >= 0.3 is 0 Å². The third-order valence-electron chi connectivity index (χ3n) is 5.54. The van der Waals surface area contributed by atoms with Crippen molar-refractivity contribution in [1.82, 2.24) is 14.3 Å². The molecule has 1 fully saturated rings. The number of anilines is 1. The van der Waals surface area contributed by atoms with Crippen LogP contribution in [0, 0.1) is 11.3 Å². The number of halogens is 1. The molecule has 2 aromatic carbocycles. The predicted molar refractivity (Wildman–Crippen MR) is 138 cm³/mol. The van der Waals surface area contributed by atoms with Crippen molar-refractivity contribution in [3.63, 3.8) is 0 Å². The summed E-state index contributed by atoms with van der Waals surface area (Å²) in [6.07, 6.45) is 2.73. The van der Waals surface area contributed by atoms with Crippen LogP contribution in [-0.4, -0.2) is 47.4 Å². The Bertz CT molecular complexity index is 1480. The van der Waals surface area contributed by atoms with Crippen molar-refractivity contribution in [1.29, 1.82) is 5.26 Å². The molecule has 186 valence electrons. The average Bonchev–Trinajstić information content (AvgIpc) is 2.88. The van der Waals surface area contributed by atoms with Gasteiger partial charge in [0.15, 0.2) is 5.16 Å². The van der Waals surface area contributed by atoms with Gasteiger partial charge in [0, 0.05) is 29.4 Å². The van der Waals surface area contributed by atoms with Gasteiger partial charge in [0.05, 0.1) is 16.3 Å². The van der Waals surface area contributed by atoms with E-state index >= 15 is 0 Å². The highest BCUT2D eigenvalue weighted by Gasteiger charge is 2.25. The van der Waals surface area contributed by atoms with Crippen molar-refractivity contribution in [3.05, 3.63) is 69.5 Å². The number of nitriles is 1. The number of aromatic amines is 1. The second-order valence-corrected chi connectivity index (χ2v) is 11.4. The van der Waals surface area contributed by atoms with Gasteiger partial charge in [-0.05, 0) is 49.2 Å². The van der Waals surface area contributed by atoms with Crippen LogP contribution in [0.2, 0.25) is 5.02 Å². The summed E-state index contributed by atoms with van der Waals surface area (Å²) in [7, 11) is -3.55. The normalized spacial score (nSPS) is 14.2. The van der Waals surface area contributed by atoms with Crippen molar-refractivity contribution in [3.8, 4) is 17.3 Å². The summed E-state index contributed by atoms with van der Waals surface area (Å²) < 4.78 is 27.0. The van der Waals surface area contributed by atoms with Crippen molar-refractivity contribution in [2.24, 2.45) is 0 Å². The zero-order valence-corrected chi connectivity index (χ0v) is 21.4. The van der Waals surface area contributed by atoms with E-state index in [0.29, 0.717) is 29.4 Å².